The fourth-order valence-electron chi connectivity index (χ4n) is 2.95. The van der Waals surface area contributed by atoms with Gasteiger partial charge in [0.25, 0.3) is 0 Å². The Morgan fingerprint density at radius 3 is 2.67 bits per heavy atom. The van der Waals surface area contributed by atoms with Crippen LogP contribution in [0, 0.1) is 5.92 Å². The fourth-order valence-corrected chi connectivity index (χ4v) is 5.26. The van der Waals surface area contributed by atoms with E-state index in [2.05, 4.69) is 19.6 Å². The molecule has 0 saturated carbocycles. The Labute approximate surface area is 146 Å². The third-order valence-electron chi connectivity index (χ3n) is 3.94. The first-order chi connectivity index (χ1) is 11.5. The van der Waals surface area contributed by atoms with Crippen LogP contribution in [-0.4, -0.2) is 63.1 Å². The van der Waals surface area contributed by atoms with Crippen molar-refractivity contribution >= 4 is 27.3 Å². The molecule has 24 heavy (non-hydrogen) atoms. The van der Waals surface area contributed by atoms with Crippen LogP contribution >= 0.6 is 11.3 Å². The lowest BCUT2D eigenvalue weighted by Crippen LogP contribution is -2.43. The predicted octanol–water partition coefficient (Wildman–Crippen LogP) is 0.883. The van der Waals surface area contributed by atoms with Gasteiger partial charge in [-0.1, -0.05) is 6.07 Å². The van der Waals surface area contributed by atoms with Crippen molar-refractivity contribution in [2.75, 3.05) is 38.6 Å². The summed E-state index contributed by atoms with van der Waals surface area (Å²) in [5.41, 5.74) is 0. The minimum absolute atomic E-state index is 0.165. The number of nitrogens with one attached hydrogen (secondary N) is 1. The molecule has 0 unspecified atom stereocenters. The molecular weight excluding hydrogens is 346 g/mol. The maximum absolute atomic E-state index is 12.6. The van der Waals surface area contributed by atoms with E-state index in [1.807, 2.05) is 19.0 Å². The largest absolute Gasteiger partial charge is 0.339 e. The average Bonchev–Trinajstić information content (AvgIpc) is 3.18. The molecular formula is C15H21N5O2S2. The maximum Gasteiger partial charge on any atom is 0.250 e. The topological polar surface area (TPSA) is 78.4 Å². The van der Waals surface area contributed by atoms with Crippen molar-refractivity contribution in [1.29, 1.82) is 0 Å². The van der Waals surface area contributed by atoms with Crippen LogP contribution in [0.15, 0.2) is 40.2 Å². The molecule has 0 aromatic carbocycles. The summed E-state index contributed by atoms with van der Waals surface area (Å²) >= 11 is 1.23. The molecule has 2 aromatic rings. The van der Waals surface area contributed by atoms with Crippen LogP contribution in [0.1, 0.15) is 0 Å². The van der Waals surface area contributed by atoms with Crippen LogP contribution < -0.4 is 9.62 Å². The molecule has 0 bridgehead atoms. The molecule has 1 N–H and O–H groups in total. The van der Waals surface area contributed by atoms with Crippen LogP contribution in [0.2, 0.25) is 0 Å². The van der Waals surface area contributed by atoms with Gasteiger partial charge in [0.05, 0.1) is 0 Å². The Bertz CT molecular complexity index is 749. The normalized spacial score (nSPS) is 21.5. The summed E-state index contributed by atoms with van der Waals surface area (Å²) in [6.45, 7) is 2.08. The van der Waals surface area contributed by atoms with Gasteiger partial charge < -0.3 is 9.80 Å². The predicted molar refractivity (Wildman–Crippen MR) is 94.7 cm³/mol. The first kappa shape index (κ1) is 17.3. The van der Waals surface area contributed by atoms with Gasteiger partial charge in [-0.15, -0.1) is 11.3 Å². The summed E-state index contributed by atoms with van der Waals surface area (Å²) in [4.78, 5) is 12.7. The average molecular weight is 368 g/mol. The first-order valence-electron chi connectivity index (χ1n) is 7.68. The van der Waals surface area contributed by atoms with Crippen molar-refractivity contribution in [2.24, 2.45) is 5.92 Å². The molecule has 2 atom stereocenters. The number of nitrogens with zero attached hydrogens (tertiary/aromatic N) is 4. The summed E-state index contributed by atoms with van der Waals surface area (Å²) in [6, 6.07) is 4.97. The lowest BCUT2D eigenvalue weighted by Gasteiger charge is -2.22. The van der Waals surface area contributed by atoms with E-state index >= 15 is 0 Å². The number of hydrogen-bond acceptors (Lipinski definition) is 7. The number of sulfonamides is 1. The molecule has 1 aliphatic rings. The van der Waals surface area contributed by atoms with Crippen LogP contribution in [0.4, 0.5) is 5.95 Å². The number of hydrogen-bond donors (Lipinski definition) is 1. The summed E-state index contributed by atoms with van der Waals surface area (Å²) in [7, 11) is 0.493. The quantitative estimate of drug-likeness (QED) is 0.817. The summed E-state index contributed by atoms with van der Waals surface area (Å²) in [6.07, 6.45) is 3.40. The van der Waals surface area contributed by atoms with E-state index in [1.54, 1.807) is 36.0 Å². The summed E-state index contributed by atoms with van der Waals surface area (Å²) in [5.74, 6) is 0.803. The summed E-state index contributed by atoms with van der Waals surface area (Å²) in [5, 5.41) is 1.77. The highest BCUT2D eigenvalue weighted by Gasteiger charge is 2.37. The molecule has 1 aliphatic heterocycles. The van der Waals surface area contributed by atoms with Gasteiger partial charge in [-0.3, -0.25) is 0 Å². The Kier molecular flexibility index (Phi) is 5.14. The van der Waals surface area contributed by atoms with Gasteiger partial charge in [-0.25, -0.2) is 23.1 Å². The fraction of sp³-hybridized carbons (Fsp3) is 0.467. The first-order valence-corrected chi connectivity index (χ1v) is 10.0. The van der Waals surface area contributed by atoms with E-state index < -0.39 is 10.0 Å². The van der Waals surface area contributed by atoms with E-state index in [0.717, 1.165) is 13.1 Å². The van der Waals surface area contributed by atoms with Crippen LogP contribution in [0.25, 0.3) is 0 Å². The molecule has 1 saturated heterocycles. The lowest BCUT2D eigenvalue weighted by atomic mass is 10.0. The highest BCUT2D eigenvalue weighted by atomic mass is 32.2. The van der Waals surface area contributed by atoms with Crippen LogP contribution in [0.3, 0.4) is 0 Å². The highest BCUT2D eigenvalue weighted by molar-refractivity contribution is 7.91. The highest BCUT2D eigenvalue weighted by Crippen LogP contribution is 2.24. The van der Waals surface area contributed by atoms with E-state index in [0.29, 0.717) is 16.7 Å². The van der Waals surface area contributed by atoms with Crippen molar-refractivity contribution in [2.45, 2.75) is 10.3 Å². The molecule has 0 radical (unpaired) electrons. The molecule has 1 fully saturated rings. The molecule has 0 spiro atoms. The molecule has 7 nitrogen and oxygen atoms in total. The van der Waals surface area contributed by atoms with Crippen molar-refractivity contribution in [3.05, 3.63) is 36.0 Å². The van der Waals surface area contributed by atoms with Gasteiger partial charge in [-0.2, -0.15) is 0 Å². The monoisotopic (exact) mass is 367 g/mol. The van der Waals surface area contributed by atoms with Crippen molar-refractivity contribution in [3.8, 4) is 0 Å². The Morgan fingerprint density at radius 2 is 2.04 bits per heavy atom. The SMILES string of the molecule is CN(C)C[C@@H]1CN(c2ncccn2)C[C@H]1NS(=O)(=O)c1cccs1. The Balaban J connectivity index is 1.79. The summed E-state index contributed by atoms with van der Waals surface area (Å²) < 4.78 is 28.3. The number of thiophene rings is 1. The van der Waals surface area contributed by atoms with Crippen LogP contribution in [0.5, 0.6) is 0 Å². The third-order valence-corrected chi connectivity index (χ3v) is 6.83. The minimum Gasteiger partial charge on any atom is -0.339 e. The molecule has 0 amide bonds. The number of anilines is 1. The second kappa shape index (κ2) is 7.14. The van der Waals surface area contributed by atoms with Gasteiger partial charge in [0, 0.05) is 44.0 Å². The molecule has 9 heteroatoms. The molecule has 0 aliphatic carbocycles. The van der Waals surface area contributed by atoms with Crippen LogP contribution in [-0.2, 0) is 10.0 Å². The third kappa shape index (κ3) is 3.92. The second-order valence-electron chi connectivity index (χ2n) is 6.14. The molecule has 2 aromatic heterocycles. The van der Waals surface area contributed by atoms with Gasteiger partial charge in [0.2, 0.25) is 16.0 Å². The van der Waals surface area contributed by atoms with Crippen molar-refractivity contribution in [3.63, 3.8) is 0 Å². The smallest absolute Gasteiger partial charge is 0.250 e. The van der Waals surface area contributed by atoms with Gasteiger partial charge in [0.15, 0.2) is 0 Å². The van der Waals surface area contributed by atoms with Gasteiger partial charge in [-0.05, 0) is 31.6 Å². The second-order valence-corrected chi connectivity index (χ2v) is 9.02. The van der Waals surface area contributed by atoms with E-state index in [9.17, 15) is 8.42 Å². The molecule has 3 heterocycles. The Hall–Kier alpha value is -1.55. The molecule has 130 valence electrons. The minimum atomic E-state index is -3.49. The van der Waals surface area contributed by atoms with Gasteiger partial charge in [0.1, 0.15) is 4.21 Å². The zero-order valence-electron chi connectivity index (χ0n) is 13.7. The molecule has 3 rings (SSSR count). The van der Waals surface area contributed by atoms with E-state index in [-0.39, 0.29) is 12.0 Å². The van der Waals surface area contributed by atoms with E-state index in [4.69, 9.17) is 0 Å². The zero-order valence-corrected chi connectivity index (χ0v) is 15.3. The standard InChI is InChI=1S/C15H21N5O2S2/c1-19(2)9-12-10-20(15-16-6-4-7-17-15)11-13(12)18-24(21,22)14-5-3-8-23-14/h3-8,12-13,18H,9-11H2,1-2H3/t12-,13-/m1/s1. The zero-order chi connectivity index (χ0) is 17.2. The number of rotatable bonds is 6. The van der Waals surface area contributed by atoms with Crippen molar-refractivity contribution in [1.82, 2.24) is 19.6 Å². The maximum atomic E-state index is 12.6. The van der Waals surface area contributed by atoms with E-state index in [1.165, 1.54) is 11.3 Å². The number of aromatic nitrogens is 2. The Morgan fingerprint density at radius 1 is 1.29 bits per heavy atom. The lowest BCUT2D eigenvalue weighted by molar-refractivity contribution is 0.315. The van der Waals surface area contributed by atoms with Crippen molar-refractivity contribution < 1.29 is 8.42 Å². The van der Waals surface area contributed by atoms with Gasteiger partial charge >= 0.3 is 0 Å².